The average molecular weight is 396 g/mol. The van der Waals surface area contributed by atoms with Gasteiger partial charge in [-0.2, -0.15) is 26.3 Å². The molecule has 26 heavy (non-hydrogen) atoms. The van der Waals surface area contributed by atoms with Crippen LogP contribution in [0.1, 0.15) is 13.3 Å². The fourth-order valence-corrected chi connectivity index (χ4v) is 2.14. The third kappa shape index (κ3) is 6.33. The van der Waals surface area contributed by atoms with E-state index in [1.54, 1.807) is 0 Å². The standard InChI is InChI=1S/C12H14F6N2O6/c1-4(21)25-8-5(20-10(24)12(16,17)18)2-7(22)26-6(8)3-19-9(23)11(13,14)15/h5-8,22H,2-3H2,1H3,(H,19,23)(H,20,24)/t5-,6-,7-,8-/m0/s1. The molecule has 1 heterocycles. The lowest BCUT2D eigenvalue weighted by atomic mass is 9.97. The van der Waals surface area contributed by atoms with Gasteiger partial charge in [0.1, 0.15) is 12.2 Å². The lowest BCUT2D eigenvalue weighted by molar-refractivity contribution is -0.221. The predicted molar refractivity (Wildman–Crippen MR) is 68.1 cm³/mol. The summed E-state index contributed by atoms with van der Waals surface area (Å²) < 4.78 is 83.3. The summed E-state index contributed by atoms with van der Waals surface area (Å²) in [5, 5.41) is 12.4. The first kappa shape index (κ1) is 22.0. The van der Waals surface area contributed by atoms with E-state index in [1.807, 2.05) is 0 Å². The smallest absolute Gasteiger partial charge is 0.458 e. The molecule has 2 amide bonds. The molecule has 0 unspecified atom stereocenters. The quantitative estimate of drug-likeness (QED) is 0.446. The van der Waals surface area contributed by atoms with Crippen molar-refractivity contribution >= 4 is 17.8 Å². The maximum Gasteiger partial charge on any atom is 0.471 e. The van der Waals surface area contributed by atoms with E-state index in [1.165, 1.54) is 10.6 Å². The molecule has 0 aromatic rings. The minimum atomic E-state index is -5.29. The molecule has 1 fully saturated rings. The Morgan fingerprint density at radius 3 is 2.12 bits per heavy atom. The number of alkyl halides is 6. The molecular formula is C12H14F6N2O6. The van der Waals surface area contributed by atoms with Crippen molar-refractivity contribution in [2.45, 2.75) is 50.2 Å². The lowest BCUT2D eigenvalue weighted by Gasteiger charge is -2.39. The Kier molecular flexibility index (Phi) is 6.82. The summed E-state index contributed by atoms with van der Waals surface area (Å²) in [6.45, 7) is -0.0925. The maximum atomic E-state index is 12.4. The second-order valence-corrected chi connectivity index (χ2v) is 5.22. The molecule has 0 saturated carbocycles. The van der Waals surface area contributed by atoms with Gasteiger partial charge in [-0.25, -0.2) is 0 Å². The summed E-state index contributed by atoms with van der Waals surface area (Å²) in [5.74, 6) is -5.82. The monoisotopic (exact) mass is 396 g/mol. The first-order chi connectivity index (χ1) is 11.7. The zero-order valence-corrected chi connectivity index (χ0v) is 13.0. The number of aliphatic hydroxyl groups excluding tert-OH is 1. The summed E-state index contributed by atoms with van der Waals surface area (Å²) >= 11 is 0. The van der Waals surface area contributed by atoms with E-state index in [9.17, 15) is 45.8 Å². The fraction of sp³-hybridized carbons (Fsp3) is 0.750. The molecule has 0 aromatic carbocycles. The van der Waals surface area contributed by atoms with E-state index in [2.05, 4.69) is 0 Å². The van der Waals surface area contributed by atoms with Crippen LogP contribution in [0.5, 0.6) is 0 Å². The largest absolute Gasteiger partial charge is 0.471 e. The molecule has 0 aromatic heterocycles. The number of hydrogen-bond acceptors (Lipinski definition) is 6. The van der Waals surface area contributed by atoms with Crippen LogP contribution < -0.4 is 10.6 Å². The third-order valence-electron chi connectivity index (χ3n) is 3.15. The van der Waals surface area contributed by atoms with Crippen LogP contribution in [0.3, 0.4) is 0 Å². The topological polar surface area (TPSA) is 114 Å². The molecule has 0 aliphatic carbocycles. The second-order valence-electron chi connectivity index (χ2n) is 5.22. The molecule has 0 bridgehead atoms. The van der Waals surface area contributed by atoms with Crippen LogP contribution in [0.2, 0.25) is 0 Å². The number of halogens is 6. The molecule has 0 spiro atoms. The van der Waals surface area contributed by atoms with Crippen molar-refractivity contribution in [3.05, 3.63) is 0 Å². The Hall–Kier alpha value is -2.09. The number of carbonyl (C=O) groups is 3. The highest BCUT2D eigenvalue weighted by atomic mass is 19.4. The minimum Gasteiger partial charge on any atom is -0.458 e. The Labute approximate surface area is 141 Å². The van der Waals surface area contributed by atoms with Gasteiger partial charge in [0, 0.05) is 19.9 Å². The first-order valence-electron chi connectivity index (χ1n) is 6.95. The van der Waals surface area contributed by atoms with Crippen LogP contribution in [0.25, 0.3) is 0 Å². The second kappa shape index (κ2) is 8.07. The van der Waals surface area contributed by atoms with Crippen molar-refractivity contribution in [3.63, 3.8) is 0 Å². The minimum absolute atomic E-state index is 0.635. The van der Waals surface area contributed by atoms with Crippen molar-refractivity contribution in [3.8, 4) is 0 Å². The van der Waals surface area contributed by atoms with Crippen LogP contribution in [0.4, 0.5) is 26.3 Å². The van der Waals surface area contributed by atoms with Gasteiger partial charge >= 0.3 is 30.1 Å². The van der Waals surface area contributed by atoms with E-state index < -0.39 is 67.6 Å². The number of aliphatic hydroxyl groups is 1. The molecule has 1 aliphatic heterocycles. The van der Waals surface area contributed by atoms with Gasteiger partial charge in [0.2, 0.25) is 0 Å². The first-order valence-corrected chi connectivity index (χ1v) is 6.95. The van der Waals surface area contributed by atoms with Crippen molar-refractivity contribution in [1.29, 1.82) is 0 Å². The summed E-state index contributed by atoms with van der Waals surface area (Å²) in [7, 11) is 0. The fourth-order valence-electron chi connectivity index (χ4n) is 2.14. The summed E-state index contributed by atoms with van der Waals surface area (Å²) in [4.78, 5) is 33.0. The molecule has 3 N–H and O–H groups in total. The van der Waals surface area contributed by atoms with Gasteiger partial charge in [-0.1, -0.05) is 0 Å². The van der Waals surface area contributed by atoms with Gasteiger partial charge in [0.25, 0.3) is 0 Å². The Balaban J connectivity index is 2.93. The SMILES string of the molecule is CC(=O)O[C@H]1[C@@H](NC(=O)C(F)(F)F)C[C@@H](O)O[C@H]1CNC(=O)C(F)(F)F. The molecule has 1 rings (SSSR count). The van der Waals surface area contributed by atoms with Crippen molar-refractivity contribution in [1.82, 2.24) is 10.6 Å². The van der Waals surface area contributed by atoms with E-state index in [0.717, 1.165) is 6.92 Å². The van der Waals surface area contributed by atoms with Gasteiger partial charge in [-0.15, -0.1) is 0 Å². The Bertz CT molecular complexity index is 551. The number of nitrogens with one attached hydrogen (secondary N) is 2. The number of carbonyl (C=O) groups excluding carboxylic acids is 3. The van der Waals surface area contributed by atoms with E-state index in [4.69, 9.17) is 9.47 Å². The van der Waals surface area contributed by atoms with Crippen LogP contribution >= 0.6 is 0 Å². The summed E-state index contributed by atoms with van der Waals surface area (Å²) in [5.41, 5.74) is 0. The number of ether oxygens (including phenoxy) is 2. The van der Waals surface area contributed by atoms with Gasteiger partial charge in [0.05, 0.1) is 6.04 Å². The van der Waals surface area contributed by atoms with Gasteiger partial charge in [-0.05, 0) is 0 Å². The molecule has 150 valence electrons. The number of amides is 2. The molecule has 8 nitrogen and oxygen atoms in total. The highest BCUT2D eigenvalue weighted by molar-refractivity contribution is 5.82. The highest BCUT2D eigenvalue weighted by Crippen LogP contribution is 2.24. The maximum absolute atomic E-state index is 12.4. The zero-order chi connectivity index (χ0) is 20.3. The average Bonchev–Trinajstić information content (AvgIpc) is 2.45. The molecule has 1 aliphatic rings. The van der Waals surface area contributed by atoms with Gasteiger partial charge in [0.15, 0.2) is 6.29 Å². The molecular weight excluding hydrogens is 382 g/mol. The normalized spacial score (nSPS) is 26.8. The Morgan fingerprint density at radius 1 is 1.12 bits per heavy atom. The predicted octanol–water partition coefficient (Wildman–Crippen LogP) is -0.249. The highest BCUT2D eigenvalue weighted by Gasteiger charge is 2.47. The third-order valence-corrected chi connectivity index (χ3v) is 3.15. The van der Waals surface area contributed by atoms with Crippen molar-refractivity contribution in [2.24, 2.45) is 0 Å². The van der Waals surface area contributed by atoms with Crippen LogP contribution in [0, 0.1) is 0 Å². The number of rotatable bonds is 4. The molecule has 4 atom stereocenters. The van der Waals surface area contributed by atoms with E-state index in [-0.39, 0.29) is 0 Å². The summed E-state index contributed by atoms with van der Waals surface area (Å²) in [6, 6.07) is -1.62. The van der Waals surface area contributed by atoms with E-state index in [0.29, 0.717) is 0 Å². The van der Waals surface area contributed by atoms with Gasteiger partial charge < -0.3 is 25.2 Å². The Morgan fingerprint density at radius 2 is 1.65 bits per heavy atom. The van der Waals surface area contributed by atoms with E-state index >= 15 is 0 Å². The van der Waals surface area contributed by atoms with Gasteiger partial charge in [-0.3, -0.25) is 14.4 Å². The van der Waals surface area contributed by atoms with Crippen LogP contribution in [0.15, 0.2) is 0 Å². The van der Waals surface area contributed by atoms with Crippen LogP contribution in [-0.4, -0.2) is 66.3 Å². The number of hydrogen-bond donors (Lipinski definition) is 3. The zero-order valence-electron chi connectivity index (χ0n) is 13.0. The van der Waals surface area contributed by atoms with Crippen molar-refractivity contribution < 1.29 is 55.3 Å². The molecule has 0 radical (unpaired) electrons. The molecule has 1 saturated heterocycles. The van der Waals surface area contributed by atoms with Crippen molar-refractivity contribution in [2.75, 3.05) is 6.54 Å². The molecule has 14 heteroatoms. The van der Waals surface area contributed by atoms with Crippen LogP contribution in [-0.2, 0) is 23.9 Å². The number of esters is 1. The summed E-state index contributed by atoms with van der Waals surface area (Å²) in [6.07, 6.45) is -16.3. The lowest BCUT2D eigenvalue weighted by Crippen LogP contribution is -2.61.